The lowest BCUT2D eigenvalue weighted by molar-refractivity contribution is -0.385. The maximum atomic E-state index is 11.9. The molecule has 0 saturated heterocycles. The fourth-order valence-electron chi connectivity index (χ4n) is 2.81. The average molecular weight is 362 g/mol. The Bertz CT molecular complexity index is 925. The van der Waals surface area contributed by atoms with Gasteiger partial charge in [-0.25, -0.2) is 8.42 Å². The second-order valence-corrected chi connectivity index (χ2v) is 7.91. The lowest BCUT2D eigenvalue weighted by atomic mass is 10.1. The first-order valence-electron chi connectivity index (χ1n) is 7.81. The molecule has 0 unspecified atom stereocenters. The van der Waals surface area contributed by atoms with Crippen LogP contribution in [0.1, 0.15) is 11.1 Å². The Kier molecular flexibility index (Phi) is 4.63. The van der Waals surface area contributed by atoms with E-state index in [9.17, 15) is 18.5 Å². The van der Waals surface area contributed by atoms with Gasteiger partial charge in [0.05, 0.1) is 22.1 Å². The van der Waals surface area contributed by atoms with Gasteiger partial charge in [0.2, 0.25) is 0 Å². The molecule has 1 aliphatic heterocycles. The van der Waals surface area contributed by atoms with Gasteiger partial charge in [-0.05, 0) is 29.7 Å². The SMILES string of the molecule is CS(=O)(=O)c1cc([N+](=O)[O-])ccc1NCCc1ccc2c(c1)CCO2. The first kappa shape index (κ1) is 17.2. The van der Waals surface area contributed by atoms with Crippen LogP contribution in [0.2, 0.25) is 0 Å². The summed E-state index contributed by atoms with van der Waals surface area (Å²) in [6, 6.07) is 9.85. The molecule has 1 aliphatic rings. The number of hydrogen-bond acceptors (Lipinski definition) is 6. The Morgan fingerprint density at radius 2 is 2.04 bits per heavy atom. The van der Waals surface area contributed by atoms with E-state index in [0.29, 0.717) is 25.3 Å². The van der Waals surface area contributed by atoms with Crippen molar-refractivity contribution in [3.63, 3.8) is 0 Å². The van der Waals surface area contributed by atoms with E-state index in [2.05, 4.69) is 11.4 Å². The van der Waals surface area contributed by atoms with Gasteiger partial charge >= 0.3 is 0 Å². The van der Waals surface area contributed by atoms with Gasteiger partial charge in [0.15, 0.2) is 9.84 Å². The number of nitro benzene ring substituents is 1. The van der Waals surface area contributed by atoms with Gasteiger partial charge in [-0.3, -0.25) is 10.1 Å². The third-order valence-electron chi connectivity index (χ3n) is 4.06. The third-order valence-corrected chi connectivity index (χ3v) is 5.20. The topological polar surface area (TPSA) is 98.5 Å². The highest BCUT2D eigenvalue weighted by Gasteiger charge is 2.18. The van der Waals surface area contributed by atoms with E-state index in [1.807, 2.05) is 12.1 Å². The minimum Gasteiger partial charge on any atom is -0.493 e. The molecule has 0 amide bonds. The predicted molar refractivity (Wildman–Crippen MR) is 94.0 cm³/mol. The molecule has 3 rings (SSSR count). The molecule has 2 aromatic rings. The molecule has 0 fully saturated rings. The van der Waals surface area contributed by atoms with E-state index in [1.165, 1.54) is 17.7 Å². The highest BCUT2D eigenvalue weighted by Crippen LogP contribution is 2.28. The van der Waals surface area contributed by atoms with Crippen LogP contribution in [0.15, 0.2) is 41.3 Å². The van der Waals surface area contributed by atoms with Gasteiger partial charge in [0.1, 0.15) is 5.75 Å². The minimum absolute atomic E-state index is 0.0657. The number of nitrogens with one attached hydrogen (secondary N) is 1. The summed E-state index contributed by atoms with van der Waals surface area (Å²) in [6.45, 7) is 1.22. The predicted octanol–water partition coefficient (Wildman–Crippen LogP) is 2.59. The van der Waals surface area contributed by atoms with Gasteiger partial charge in [-0.15, -0.1) is 0 Å². The van der Waals surface area contributed by atoms with Crippen molar-refractivity contribution < 1.29 is 18.1 Å². The first-order valence-corrected chi connectivity index (χ1v) is 9.71. The van der Waals surface area contributed by atoms with E-state index in [4.69, 9.17) is 4.74 Å². The van der Waals surface area contributed by atoms with Crippen LogP contribution in [-0.4, -0.2) is 32.7 Å². The monoisotopic (exact) mass is 362 g/mol. The van der Waals surface area contributed by atoms with Crippen LogP contribution < -0.4 is 10.1 Å². The van der Waals surface area contributed by atoms with Crippen LogP contribution in [-0.2, 0) is 22.7 Å². The molecule has 25 heavy (non-hydrogen) atoms. The molecule has 0 aliphatic carbocycles. The zero-order chi connectivity index (χ0) is 18.0. The number of fused-ring (bicyclic) bond motifs is 1. The normalized spacial score (nSPS) is 13.2. The van der Waals surface area contributed by atoms with Crippen molar-refractivity contribution in [3.05, 3.63) is 57.6 Å². The molecular formula is C17H18N2O5S. The Labute approximate surface area is 145 Å². The number of benzene rings is 2. The number of ether oxygens (including phenoxy) is 1. The molecule has 7 nitrogen and oxygen atoms in total. The summed E-state index contributed by atoms with van der Waals surface area (Å²) in [5.41, 5.74) is 2.44. The smallest absolute Gasteiger partial charge is 0.270 e. The molecule has 8 heteroatoms. The highest BCUT2D eigenvalue weighted by atomic mass is 32.2. The Hall–Kier alpha value is -2.61. The van der Waals surface area contributed by atoms with Crippen molar-refractivity contribution in [1.82, 2.24) is 0 Å². The molecule has 1 heterocycles. The third kappa shape index (κ3) is 3.90. The number of nitro groups is 1. The Balaban J connectivity index is 1.73. The van der Waals surface area contributed by atoms with Crippen LogP contribution in [0.5, 0.6) is 5.75 Å². The number of rotatable bonds is 6. The first-order chi connectivity index (χ1) is 11.8. The minimum atomic E-state index is -3.58. The summed E-state index contributed by atoms with van der Waals surface area (Å²) in [5.74, 6) is 0.923. The van der Waals surface area contributed by atoms with Gasteiger partial charge in [0, 0.05) is 31.4 Å². The van der Waals surface area contributed by atoms with E-state index < -0.39 is 14.8 Å². The average Bonchev–Trinajstić information content (AvgIpc) is 3.01. The maximum absolute atomic E-state index is 11.9. The number of anilines is 1. The molecule has 0 radical (unpaired) electrons. The van der Waals surface area contributed by atoms with Gasteiger partial charge in [0.25, 0.3) is 5.69 Å². The molecular weight excluding hydrogens is 344 g/mol. The van der Waals surface area contributed by atoms with Crippen molar-refractivity contribution >= 4 is 21.2 Å². The fourth-order valence-corrected chi connectivity index (χ4v) is 3.69. The molecule has 0 spiro atoms. The Morgan fingerprint density at radius 3 is 2.76 bits per heavy atom. The van der Waals surface area contributed by atoms with E-state index in [-0.39, 0.29) is 10.6 Å². The van der Waals surface area contributed by atoms with Gasteiger partial charge in [-0.1, -0.05) is 12.1 Å². The summed E-state index contributed by atoms with van der Waals surface area (Å²) < 4.78 is 29.3. The maximum Gasteiger partial charge on any atom is 0.270 e. The second-order valence-electron chi connectivity index (χ2n) is 5.93. The quantitative estimate of drug-likeness (QED) is 0.626. The van der Waals surface area contributed by atoms with Crippen LogP contribution in [0.25, 0.3) is 0 Å². The van der Waals surface area contributed by atoms with E-state index >= 15 is 0 Å². The van der Waals surface area contributed by atoms with Crippen molar-refractivity contribution in [3.8, 4) is 5.75 Å². The standard InChI is InChI=1S/C17H18N2O5S/c1-25(22,23)17-11-14(19(20)21)3-4-15(17)18-8-6-12-2-5-16-13(10-12)7-9-24-16/h2-5,10-11,18H,6-9H2,1H3. The number of hydrogen-bond donors (Lipinski definition) is 1. The van der Waals surface area contributed by atoms with E-state index in [1.54, 1.807) is 0 Å². The van der Waals surface area contributed by atoms with Gasteiger partial charge < -0.3 is 10.1 Å². The molecule has 132 valence electrons. The number of sulfone groups is 1. The summed E-state index contributed by atoms with van der Waals surface area (Å²) in [4.78, 5) is 10.2. The highest BCUT2D eigenvalue weighted by molar-refractivity contribution is 7.90. The van der Waals surface area contributed by atoms with Crippen molar-refractivity contribution in [2.75, 3.05) is 24.7 Å². The van der Waals surface area contributed by atoms with Crippen LogP contribution in [0, 0.1) is 10.1 Å². The molecule has 0 atom stereocenters. The van der Waals surface area contributed by atoms with Crippen LogP contribution in [0.3, 0.4) is 0 Å². The molecule has 0 bridgehead atoms. The fraction of sp³-hybridized carbons (Fsp3) is 0.294. The van der Waals surface area contributed by atoms with Crippen LogP contribution in [0.4, 0.5) is 11.4 Å². The van der Waals surface area contributed by atoms with Crippen LogP contribution >= 0.6 is 0 Å². The summed E-state index contributed by atoms with van der Waals surface area (Å²) in [7, 11) is -3.58. The summed E-state index contributed by atoms with van der Waals surface area (Å²) in [6.07, 6.45) is 2.64. The lowest BCUT2D eigenvalue weighted by Gasteiger charge is -2.11. The second kappa shape index (κ2) is 6.72. The van der Waals surface area contributed by atoms with E-state index in [0.717, 1.165) is 30.1 Å². The summed E-state index contributed by atoms with van der Waals surface area (Å²) in [5, 5.41) is 13.9. The van der Waals surface area contributed by atoms with Crippen molar-refractivity contribution in [1.29, 1.82) is 0 Å². The van der Waals surface area contributed by atoms with Gasteiger partial charge in [-0.2, -0.15) is 0 Å². The number of non-ortho nitro benzene ring substituents is 1. The zero-order valence-electron chi connectivity index (χ0n) is 13.7. The largest absolute Gasteiger partial charge is 0.493 e. The molecule has 1 N–H and O–H groups in total. The Morgan fingerprint density at radius 1 is 1.24 bits per heavy atom. The molecule has 2 aromatic carbocycles. The molecule has 0 saturated carbocycles. The lowest BCUT2D eigenvalue weighted by Crippen LogP contribution is -2.10. The molecule has 0 aromatic heterocycles. The zero-order valence-corrected chi connectivity index (χ0v) is 14.5. The van der Waals surface area contributed by atoms with Crippen molar-refractivity contribution in [2.45, 2.75) is 17.7 Å². The number of nitrogens with zero attached hydrogens (tertiary/aromatic N) is 1. The van der Waals surface area contributed by atoms with Crippen molar-refractivity contribution in [2.24, 2.45) is 0 Å². The summed E-state index contributed by atoms with van der Waals surface area (Å²) >= 11 is 0.